The van der Waals surface area contributed by atoms with E-state index in [1.54, 1.807) is 0 Å². The van der Waals surface area contributed by atoms with Crippen LogP contribution in [-0.2, 0) is 6.61 Å². The highest BCUT2D eigenvalue weighted by atomic mass is 16.3. The van der Waals surface area contributed by atoms with Crippen molar-refractivity contribution in [2.24, 2.45) is 0 Å². The van der Waals surface area contributed by atoms with Crippen molar-refractivity contribution in [3.63, 3.8) is 0 Å². The fourth-order valence-electron chi connectivity index (χ4n) is 0.886. The number of nitrogens with one attached hydrogen (secondary N) is 1. The molecule has 12 heavy (non-hydrogen) atoms. The van der Waals surface area contributed by atoms with E-state index in [1.165, 1.54) is 0 Å². The summed E-state index contributed by atoms with van der Waals surface area (Å²) in [5.41, 5.74) is 1.96. The first kappa shape index (κ1) is 8.81. The number of hydrogen-bond acceptors (Lipinski definition) is 2. The normalized spacial score (nSPS) is 10.5. The van der Waals surface area contributed by atoms with Gasteiger partial charge in [-0.05, 0) is 30.8 Å². The van der Waals surface area contributed by atoms with E-state index in [1.807, 2.05) is 43.5 Å². The van der Waals surface area contributed by atoms with Crippen molar-refractivity contribution in [3.05, 3.63) is 42.1 Å². The first-order valence-corrected chi connectivity index (χ1v) is 3.94. The molecule has 0 atom stereocenters. The van der Waals surface area contributed by atoms with Crippen molar-refractivity contribution in [2.75, 3.05) is 5.32 Å². The Bertz CT molecular complexity index is 251. The number of benzene rings is 1. The summed E-state index contributed by atoms with van der Waals surface area (Å²) in [7, 11) is 0. The van der Waals surface area contributed by atoms with Crippen LogP contribution in [0, 0.1) is 0 Å². The molecular formula is C10H13NO. The molecule has 2 N–H and O–H groups in total. The predicted octanol–water partition coefficient (Wildman–Crippen LogP) is 2.12. The zero-order valence-electron chi connectivity index (χ0n) is 7.12. The number of aliphatic hydroxyl groups is 1. The number of allylic oxidation sites excluding steroid dienone is 1. The standard InChI is InChI=1S/C10H13NO/c1-2-7-11-10-5-3-9(8-12)4-6-10/h2-7,11-12H,8H2,1H3. The fourth-order valence-corrected chi connectivity index (χ4v) is 0.886. The first-order valence-electron chi connectivity index (χ1n) is 3.94. The topological polar surface area (TPSA) is 32.3 Å². The smallest absolute Gasteiger partial charge is 0.0681 e. The first-order chi connectivity index (χ1) is 5.86. The van der Waals surface area contributed by atoms with E-state index in [9.17, 15) is 0 Å². The van der Waals surface area contributed by atoms with Crippen LogP contribution in [-0.4, -0.2) is 5.11 Å². The van der Waals surface area contributed by atoms with Gasteiger partial charge >= 0.3 is 0 Å². The highest BCUT2D eigenvalue weighted by Crippen LogP contribution is 2.08. The minimum atomic E-state index is 0.101. The Hall–Kier alpha value is -1.28. The van der Waals surface area contributed by atoms with E-state index < -0.39 is 0 Å². The van der Waals surface area contributed by atoms with Crippen LogP contribution in [0.4, 0.5) is 5.69 Å². The van der Waals surface area contributed by atoms with Crippen LogP contribution in [0.25, 0.3) is 0 Å². The summed E-state index contributed by atoms with van der Waals surface area (Å²) in [5, 5.41) is 11.9. The van der Waals surface area contributed by atoms with Gasteiger partial charge in [0.2, 0.25) is 0 Å². The van der Waals surface area contributed by atoms with Gasteiger partial charge in [-0.1, -0.05) is 18.2 Å². The molecule has 0 amide bonds. The van der Waals surface area contributed by atoms with Crippen LogP contribution < -0.4 is 5.32 Å². The molecule has 0 saturated carbocycles. The molecule has 0 aliphatic heterocycles. The van der Waals surface area contributed by atoms with Gasteiger partial charge in [0.1, 0.15) is 0 Å². The molecule has 0 heterocycles. The third kappa shape index (κ3) is 2.40. The summed E-state index contributed by atoms with van der Waals surface area (Å²) >= 11 is 0. The summed E-state index contributed by atoms with van der Waals surface area (Å²) in [5.74, 6) is 0. The Morgan fingerprint density at radius 1 is 1.33 bits per heavy atom. The zero-order chi connectivity index (χ0) is 8.81. The quantitative estimate of drug-likeness (QED) is 0.715. The highest BCUT2D eigenvalue weighted by molar-refractivity contribution is 5.46. The second-order valence-electron chi connectivity index (χ2n) is 2.50. The second-order valence-corrected chi connectivity index (χ2v) is 2.50. The van der Waals surface area contributed by atoms with Crippen LogP contribution in [0.1, 0.15) is 12.5 Å². The van der Waals surface area contributed by atoms with Crippen LogP contribution in [0.5, 0.6) is 0 Å². The van der Waals surface area contributed by atoms with Gasteiger partial charge in [-0.25, -0.2) is 0 Å². The Kier molecular flexibility index (Phi) is 3.35. The lowest BCUT2D eigenvalue weighted by molar-refractivity contribution is 0.282. The maximum Gasteiger partial charge on any atom is 0.0681 e. The Balaban J connectivity index is 2.64. The van der Waals surface area contributed by atoms with Gasteiger partial charge in [0.05, 0.1) is 6.61 Å². The monoisotopic (exact) mass is 163 g/mol. The lowest BCUT2D eigenvalue weighted by Gasteiger charge is -2.00. The summed E-state index contributed by atoms with van der Waals surface area (Å²) in [6, 6.07) is 7.66. The molecule has 0 saturated heterocycles. The Morgan fingerprint density at radius 2 is 2.00 bits per heavy atom. The second kappa shape index (κ2) is 4.57. The molecule has 0 aliphatic rings. The third-order valence-corrected chi connectivity index (χ3v) is 1.55. The number of anilines is 1. The van der Waals surface area contributed by atoms with Gasteiger partial charge in [-0.15, -0.1) is 0 Å². The van der Waals surface area contributed by atoms with Gasteiger partial charge in [0, 0.05) is 5.69 Å². The molecule has 0 spiro atoms. The van der Waals surface area contributed by atoms with Crippen LogP contribution in [0.2, 0.25) is 0 Å². The minimum Gasteiger partial charge on any atom is -0.392 e. The van der Waals surface area contributed by atoms with Crippen molar-refractivity contribution in [2.45, 2.75) is 13.5 Å². The van der Waals surface area contributed by atoms with Crippen LogP contribution in [0.3, 0.4) is 0 Å². The van der Waals surface area contributed by atoms with Crippen molar-refractivity contribution < 1.29 is 5.11 Å². The molecule has 0 unspecified atom stereocenters. The molecule has 0 radical (unpaired) electrons. The molecule has 64 valence electrons. The van der Waals surface area contributed by atoms with Crippen molar-refractivity contribution in [1.29, 1.82) is 0 Å². The molecule has 0 fully saturated rings. The molecule has 0 aliphatic carbocycles. The molecule has 0 bridgehead atoms. The molecule has 2 heteroatoms. The molecule has 1 aromatic rings. The van der Waals surface area contributed by atoms with E-state index in [2.05, 4.69) is 5.32 Å². The minimum absolute atomic E-state index is 0.101. The predicted molar refractivity (Wildman–Crippen MR) is 50.8 cm³/mol. The maximum atomic E-state index is 8.77. The maximum absolute atomic E-state index is 8.77. The van der Waals surface area contributed by atoms with E-state index in [-0.39, 0.29) is 6.61 Å². The lowest BCUT2D eigenvalue weighted by atomic mass is 10.2. The van der Waals surface area contributed by atoms with E-state index in [0.717, 1.165) is 11.3 Å². The average Bonchev–Trinajstić information content (AvgIpc) is 2.15. The van der Waals surface area contributed by atoms with Gasteiger partial charge in [0.15, 0.2) is 0 Å². The van der Waals surface area contributed by atoms with Gasteiger partial charge < -0.3 is 10.4 Å². The number of hydrogen-bond donors (Lipinski definition) is 2. The van der Waals surface area contributed by atoms with E-state index in [0.29, 0.717) is 0 Å². The number of rotatable bonds is 3. The van der Waals surface area contributed by atoms with Crippen LogP contribution in [0.15, 0.2) is 36.5 Å². The average molecular weight is 163 g/mol. The lowest BCUT2D eigenvalue weighted by Crippen LogP contribution is -1.87. The van der Waals surface area contributed by atoms with Gasteiger partial charge in [-0.3, -0.25) is 0 Å². The zero-order valence-corrected chi connectivity index (χ0v) is 7.12. The fraction of sp³-hybridized carbons (Fsp3) is 0.200. The molecule has 1 aromatic carbocycles. The van der Waals surface area contributed by atoms with Crippen LogP contribution >= 0.6 is 0 Å². The van der Waals surface area contributed by atoms with Gasteiger partial charge in [-0.2, -0.15) is 0 Å². The van der Waals surface area contributed by atoms with Gasteiger partial charge in [0.25, 0.3) is 0 Å². The Morgan fingerprint density at radius 3 is 2.50 bits per heavy atom. The summed E-state index contributed by atoms with van der Waals surface area (Å²) in [6.45, 7) is 2.05. The molecule has 0 aromatic heterocycles. The third-order valence-electron chi connectivity index (χ3n) is 1.55. The van der Waals surface area contributed by atoms with E-state index >= 15 is 0 Å². The molecule has 2 nitrogen and oxygen atoms in total. The number of aliphatic hydroxyl groups excluding tert-OH is 1. The summed E-state index contributed by atoms with van der Waals surface area (Å²) in [4.78, 5) is 0. The van der Waals surface area contributed by atoms with Crippen molar-refractivity contribution in [3.8, 4) is 0 Å². The molecule has 1 rings (SSSR count). The summed E-state index contributed by atoms with van der Waals surface area (Å²) < 4.78 is 0. The van der Waals surface area contributed by atoms with E-state index in [4.69, 9.17) is 5.11 Å². The highest BCUT2D eigenvalue weighted by Gasteiger charge is 1.89. The largest absolute Gasteiger partial charge is 0.392 e. The Labute approximate surface area is 72.5 Å². The molecular weight excluding hydrogens is 150 g/mol. The summed E-state index contributed by atoms with van der Waals surface area (Å²) in [6.07, 6.45) is 3.80. The van der Waals surface area contributed by atoms with Crippen molar-refractivity contribution in [1.82, 2.24) is 0 Å². The van der Waals surface area contributed by atoms with Crippen molar-refractivity contribution >= 4 is 5.69 Å². The SMILES string of the molecule is CC=CNc1ccc(CO)cc1.